The summed E-state index contributed by atoms with van der Waals surface area (Å²) < 4.78 is 0. The number of nitrogens with zero attached hydrogens (tertiary/aromatic N) is 4. The first-order valence-electron chi connectivity index (χ1n) is 6.48. The Morgan fingerprint density at radius 2 is 1.16 bits per heavy atom. The van der Waals surface area contributed by atoms with Gasteiger partial charge in [-0.1, -0.05) is 33.8 Å². The lowest BCUT2D eigenvalue weighted by Crippen LogP contribution is -2.01. The summed E-state index contributed by atoms with van der Waals surface area (Å²) in [5.41, 5.74) is 5.30. The van der Waals surface area contributed by atoms with Crippen molar-refractivity contribution in [3.05, 3.63) is 42.2 Å². The van der Waals surface area contributed by atoms with Crippen LogP contribution in [0.15, 0.2) is 30.6 Å². The molecule has 0 saturated heterocycles. The van der Waals surface area contributed by atoms with E-state index in [1.807, 2.05) is 45.9 Å². The van der Waals surface area contributed by atoms with Gasteiger partial charge in [0.2, 0.25) is 5.95 Å². The van der Waals surface area contributed by atoms with Crippen LogP contribution in [-0.2, 0) is 0 Å². The topological polar surface area (TPSA) is 77.6 Å². The summed E-state index contributed by atoms with van der Waals surface area (Å²) in [4.78, 5) is 15.3. The molecule has 0 bridgehead atoms. The highest BCUT2D eigenvalue weighted by atomic mass is 15.1. The molecule has 0 atom stereocenters. The van der Waals surface area contributed by atoms with Gasteiger partial charge in [0, 0.05) is 12.4 Å². The Labute approximate surface area is 116 Å². The van der Waals surface area contributed by atoms with Crippen molar-refractivity contribution in [2.24, 2.45) is 0 Å². The van der Waals surface area contributed by atoms with Crippen molar-refractivity contribution in [2.75, 3.05) is 5.73 Å². The second-order valence-electron chi connectivity index (χ2n) is 2.81. The van der Waals surface area contributed by atoms with E-state index in [1.165, 1.54) is 0 Å². The zero-order valence-corrected chi connectivity index (χ0v) is 12.8. The molecule has 0 aromatic carbocycles. The molecule has 2 aromatic rings. The van der Waals surface area contributed by atoms with E-state index in [0.717, 1.165) is 0 Å². The molecule has 2 rings (SSSR count). The van der Waals surface area contributed by atoms with E-state index in [4.69, 9.17) is 5.73 Å². The van der Waals surface area contributed by atoms with Crippen LogP contribution >= 0.6 is 0 Å². The van der Waals surface area contributed by atoms with Crippen LogP contribution in [-0.4, -0.2) is 19.9 Å². The van der Waals surface area contributed by atoms with E-state index in [9.17, 15) is 0 Å². The van der Waals surface area contributed by atoms with Gasteiger partial charge in [-0.15, -0.1) is 0 Å². The molecule has 2 N–H and O–H groups in total. The second-order valence-corrected chi connectivity index (χ2v) is 2.81. The number of rotatable bonds is 0. The molecule has 0 fully saturated rings. The second kappa shape index (κ2) is 14.0. The lowest BCUT2D eigenvalue weighted by molar-refractivity contribution is 0.933. The Hall–Kier alpha value is -2.04. The number of pyridine rings is 1. The molecule has 0 aliphatic heterocycles. The summed E-state index contributed by atoms with van der Waals surface area (Å²) in [5.74, 6) is 1.63. The van der Waals surface area contributed by atoms with Crippen molar-refractivity contribution in [2.45, 2.75) is 41.5 Å². The summed E-state index contributed by atoms with van der Waals surface area (Å²) in [6.07, 6.45) is 3.50. The van der Waals surface area contributed by atoms with E-state index >= 15 is 0 Å². The molecule has 2 aromatic heterocycles. The first kappa shape index (κ1) is 19.3. The van der Waals surface area contributed by atoms with Crippen molar-refractivity contribution in [1.82, 2.24) is 19.9 Å². The Bertz CT molecular complexity index is 327. The Balaban J connectivity index is 0. The van der Waals surface area contributed by atoms with Gasteiger partial charge in [0.15, 0.2) is 0 Å². The van der Waals surface area contributed by atoms with Gasteiger partial charge < -0.3 is 5.73 Å². The molecule has 0 unspecified atom stereocenters. The molecular formula is C14H25N5. The average Bonchev–Trinajstić information content (AvgIpc) is 2.44. The summed E-state index contributed by atoms with van der Waals surface area (Å²) >= 11 is 0. The normalized spacial score (nSPS) is 7.68. The first-order chi connectivity index (χ1) is 9.18. The number of aryl methyl sites for hydroxylation is 2. The molecule has 2 heterocycles. The molecule has 0 radical (unpaired) electrons. The van der Waals surface area contributed by atoms with Gasteiger partial charge in [-0.2, -0.15) is 9.97 Å². The number of nitrogen functional groups attached to an aromatic ring is 1. The third-order valence-electron chi connectivity index (χ3n) is 1.44. The monoisotopic (exact) mass is 263 g/mol. The first-order valence-corrected chi connectivity index (χ1v) is 6.48. The van der Waals surface area contributed by atoms with Crippen LogP contribution in [0.2, 0.25) is 0 Å². The van der Waals surface area contributed by atoms with Crippen molar-refractivity contribution in [1.29, 1.82) is 0 Å². The third kappa shape index (κ3) is 12.2. The van der Waals surface area contributed by atoms with E-state index in [1.54, 1.807) is 26.2 Å². The molecule has 0 aliphatic carbocycles. The standard InChI is InChI=1S/C5H8N4.C5H5N.2C2H6/c1-3-7-4(2)9-5(6)8-3;1-2-4-6-5-3-1;2*1-2/h1-2H3,(H2,6,7,8,9);1-5H;2*1-2H3. The Kier molecular flexibility index (Phi) is 14.2. The van der Waals surface area contributed by atoms with E-state index in [2.05, 4.69) is 19.9 Å². The maximum atomic E-state index is 5.30. The summed E-state index contributed by atoms with van der Waals surface area (Å²) in [7, 11) is 0. The van der Waals surface area contributed by atoms with E-state index in [0.29, 0.717) is 17.6 Å². The van der Waals surface area contributed by atoms with Crippen LogP contribution in [0.3, 0.4) is 0 Å². The van der Waals surface area contributed by atoms with Gasteiger partial charge in [-0.3, -0.25) is 4.98 Å². The fourth-order valence-corrected chi connectivity index (χ4v) is 0.953. The van der Waals surface area contributed by atoms with Crippen LogP contribution in [0.1, 0.15) is 39.3 Å². The van der Waals surface area contributed by atoms with Crippen molar-refractivity contribution < 1.29 is 0 Å². The predicted octanol–water partition coefficient (Wildman–Crippen LogP) is 3.20. The van der Waals surface area contributed by atoms with Crippen molar-refractivity contribution in [3.8, 4) is 0 Å². The largest absolute Gasteiger partial charge is 0.368 e. The molecule has 5 nitrogen and oxygen atoms in total. The molecule has 0 saturated carbocycles. The maximum absolute atomic E-state index is 5.30. The Morgan fingerprint density at radius 3 is 1.37 bits per heavy atom. The lowest BCUT2D eigenvalue weighted by Gasteiger charge is -1.93. The number of anilines is 1. The van der Waals surface area contributed by atoms with Crippen LogP contribution in [0.4, 0.5) is 5.95 Å². The van der Waals surface area contributed by atoms with Gasteiger partial charge in [-0.05, 0) is 26.0 Å². The predicted molar refractivity (Wildman–Crippen MR) is 80.6 cm³/mol. The fourth-order valence-electron chi connectivity index (χ4n) is 0.953. The van der Waals surface area contributed by atoms with E-state index in [-0.39, 0.29) is 0 Å². The number of nitrogens with two attached hydrogens (primary N) is 1. The SMILES string of the molecule is CC.CC.Cc1nc(C)nc(N)n1.c1ccncc1. The summed E-state index contributed by atoms with van der Waals surface area (Å²) in [5, 5.41) is 0. The molecule has 19 heavy (non-hydrogen) atoms. The fraction of sp³-hybridized carbons (Fsp3) is 0.429. The molecule has 106 valence electrons. The van der Waals surface area contributed by atoms with Crippen LogP contribution in [0, 0.1) is 13.8 Å². The Morgan fingerprint density at radius 1 is 0.737 bits per heavy atom. The van der Waals surface area contributed by atoms with Crippen LogP contribution in [0.5, 0.6) is 0 Å². The zero-order valence-electron chi connectivity index (χ0n) is 12.8. The average molecular weight is 263 g/mol. The number of hydrogen-bond donors (Lipinski definition) is 1. The summed E-state index contributed by atoms with van der Waals surface area (Å²) in [6, 6.07) is 5.72. The van der Waals surface area contributed by atoms with Gasteiger partial charge in [-0.25, -0.2) is 4.98 Å². The van der Waals surface area contributed by atoms with Gasteiger partial charge >= 0.3 is 0 Å². The van der Waals surface area contributed by atoms with Crippen molar-refractivity contribution >= 4 is 5.95 Å². The zero-order chi connectivity index (χ0) is 15.1. The molecular weight excluding hydrogens is 238 g/mol. The minimum absolute atomic E-state index is 0.292. The molecule has 0 amide bonds. The lowest BCUT2D eigenvalue weighted by atomic mass is 10.5. The number of aromatic nitrogens is 4. The van der Waals surface area contributed by atoms with Gasteiger partial charge in [0.1, 0.15) is 11.6 Å². The van der Waals surface area contributed by atoms with Gasteiger partial charge in [0.05, 0.1) is 0 Å². The van der Waals surface area contributed by atoms with E-state index < -0.39 is 0 Å². The summed E-state index contributed by atoms with van der Waals surface area (Å²) in [6.45, 7) is 11.6. The molecule has 0 aliphatic rings. The third-order valence-corrected chi connectivity index (χ3v) is 1.44. The molecule has 5 heteroatoms. The highest BCUT2D eigenvalue weighted by molar-refractivity contribution is 5.14. The smallest absolute Gasteiger partial charge is 0.223 e. The highest BCUT2D eigenvalue weighted by Gasteiger charge is 1.92. The number of hydrogen-bond acceptors (Lipinski definition) is 5. The quantitative estimate of drug-likeness (QED) is 0.789. The maximum Gasteiger partial charge on any atom is 0.223 e. The van der Waals surface area contributed by atoms with Crippen LogP contribution in [0.25, 0.3) is 0 Å². The molecule has 0 spiro atoms. The minimum atomic E-state index is 0.292. The minimum Gasteiger partial charge on any atom is -0.368 e. The van der Waals surface area contributed by atoms with Crippen molar-refractivity contribution in [3.63, 3.8) is 0 Å². The van der Waals surface area contributed by atoms with Gasteiger partial charge in [0.25, 0.3) is 0 Å². The van der Waals surface area contributed by atoms with Crippen LogP contribution < -0.4 is 5.73 Å². The highest BCUT2D eigenvalue weighted by Crippen LogP contribution is 1.92.